The number of hydrogen-bond donors (Lipinski definition) is 2. The average Bonchev–Trinajstić information content (AvgIpc) is 3.42. The summed E-state index contributed by atoms with van der Waals surface area (Å²) in [6.07, 6.45) is 9.16. The molecule has 8 nitrogen and oxygen atoms in total. The summed E-state index contributed by atoms with van der Waals surface area (Å²) >= 11 is 0. The van der Waals surface area contributed by atoms with Crippen LogP contribution in [0.2, 0.25) is 0 Å². The molecule has 7 rings (SSSR count). The number of H-pyrrole nitrogens is 1. The number of piperazine rings is 1. The van der Waals surface area contributed by atoms with Gasteiger partial charge in [-0.2, -0.15) is 9.97 Å². The van der Waals surface area contributed by atoms with Crippen molar-refractivity contribution in [1.82, 2.24) is 30.2 Å². The van der Waals surface area contributed by atoms with Crippen molar-refractivity contribution in [1.29, 1.82) is 0 Å². The molecule has 0 radical (unpaired) electrons. The van der Waals surface area contributed by atoms with Crippen LogP contribution in [0.4, 0.5) is 5.95 Å². The smallest absolute Gasteiger partial charge is 0.245 e. The fourth-order valence-electron chi connectivity index (χ4n) is 5.65. The third kappa shape index (κ3) is 2.53. The van der Waals surface area contributed by atoms with Gasteiger partial charge in [0.25, 0.3) is 0 Å². The van der Waals surface area contributed by atoms with Gasteiger partial charge in [-0.05, 0) is 51.6 Å². The lowest BCUT2D eigenvalue weighted by Gasteiger charge is -2.45. The number of hydrogen-bond acceptors (Lipinski definition) is 7. The van der Waals surface area contributed by atoms with Crippen molar-refractivity contribution in [2.45, 2.75) is 56.1 Å². The van der Waals surface area contributed by atoms with Crippen molar-refractivity contribution in [3.8, 4) is 5.88 Å². The van der Waals surface area contributed by atoms with E-state index in [0.717, 1.165) is 24.6 Å². The fraction of sp³-hybridized carbons (Fsp3) is 0.737. The Kier molecular flexibility index (Phi) is 3.59. The Morgan fingerprint density at radius 1 is 1.19 bits per heavy atom. The zero-order valence-electron chi connectivity index (χ0n) is 15.7. The number of aromatic nitrogens is 4. The van der Waals surface area contributed by atoms with Crippen molar-refractivity contribution in [3.05, 3.63) is 6.33 Å². The fourth-order valence-corrected chi connectivity index (χ4v) is 5.65. The van der Waals surface area contributed by atoms with Crippen LogP contribution in [0.3, 0.4) is 0 Å². The number of anilines is 1. The van der Waals surface area contributed by atoms with Gasteiger partial charge in [-0.3, -0.25) is 4.90 Å². The molecule has 5 fully saturated rings. The van der Waals surface area contributed by atoms with Gasteiger partial charge < -0.3 is 19.9 Å². The minimum atomic E-state index is 0.214. The SMILES string of the molecule is c1nc2nc(N3CC4CCC3CN4)nc(OCC34CCCN3CCC4)c2[nH]1. The molecule has 27 heavy (non-hydrogen) atoms. The first-order chi connectivity index (χ1) is 13.3. The lowest BCUT2D eigenvalue weighted by Crippen LogP contribution is -2.61. The van der Waals surface area contributed by atoms with Crippen LogP contribution in [0.15, 0.2) is 6.33 Å². The molecule has 5 aliphatic rings. The normalized spacial score (nSPS) is 29.6. The second-order valence-electron chi connectivity index (χ2n) is 8.63. The lowest BCUT2D eigenvalue weighted by molar-refractivity contribution is 0.111. The molecule has 2 unspecified atom stereocenters. The molecule has 8 heteroatoms. The first-order valence-corrected chi connectivity index (χ1v) is 10.4. The summed E-state index contributed by atoms with van der Waals surface area (Å²) in [7, 11) is 0. The molecule has 7 heterocycles. The van der Waals surface area contributed by atoms with Crippen LogP contribution in [0.5, 0.6) is 5.88 Å². The zero-order chi connectivity index (χ0) is 17.8. The summed E-state index contributed by atoms with van der Waals surface area (Å²) in [5, 5.41) is 3.60. The van der Waals surface area contributed by atoms with E-state index in [4.69, 9.17) is 14.7 Å². The van der Waals surface area contributed by atoms with E-state index >= 15 is 0 Å². The Hall–Kier alpha value is -1.93. The molecule has 2 atom stereocenters. The van der Waals surface area contributed by atoms with Gasteiger partial charge in [-0.25, -0.2) is 4.98 Å². The Balaban J connectivity index is 1.31. The van der Waals surface area contributed by atoms with Crippen LogP contribution >= 0.6 is 0 Å². The van der Waals surface area contributed by atoms with E-state index in [1.54, 1.807) is 6.33 Å². The van der Waals surface area contributed by atoms with Crippen LogP contribution in [-0.4, -0.2) is 75.2 Å². The first-order valence-electron chi connectivity index (χ1n) is 10.4. The van der Waals surface area contributed by atoms with Gasteiger partial charge in [0.1, 0.15) is 12.1 Å². The summed E-state index contributed by atoms with van der Waals surface area (Å²) in [5.74, 6) is 1.43. The van der Waals surface area contributed by atoms with E-state index in [1.165, 1.54) is 51.6 Å². The van der Waals surface area contributed by atoms with E-state index in [1.807, 2.05) is 0 Å². The van der Waals surface area contributed by atoms with E-state index in [2.05, 4.69) is 25.1 Å². The van der Waals surface area contributed by atoms with Gasteiger partial charge in [0, 0.05) is 25.2 Å². The van der Waals surface area contributed by atoms with Crippen LogP contribution in [0.25, 0.3) is 11.2 Å². The van der Waals surface area contributed by atoms with Gasteiger partial charge >= 0.3 is 0 Å². The maximum atomic E-state index is 6.37. The highest BCUT2D eigenvalue weighted by atomic mass is 16.5. The van der Waals surface area contributed by atoms with Gasteiger partial charge in [-0.1, -0.05) is 0 Å². The quantitative estimate of drug-likeness (QED) is 0.841. The Morgan fingerprint density at radius 3 is 2.81 bits per heavy atom. The number of piperidine rings is 2. The van der Waals surface area contributed by atoms with Crippen molar-refractivity contribution < 1.29 is 4.74 Å². The molecule has 2 aromatic rings. The highest BCUT2D eigenvalue weighted by molar-refractivity contribution is 5.77. The van der Waals surface area contributed by atoms with E-state index in [0.29, 0.717) is 30.2 Å². The number of aromatic amines is 1. The van der Waals surface area contributed by atoms with E-state index in [9.17, 15) is 0 Å². The van der Waals surface area contributed by atoms with Crippen LogP contribution in [0, 0.1) is 0 Å². The Labute approximate surface area is 158 Å². The predicted molar refractivity (Wildman–Crippen MR) is 102 cm³/mol. The molecule has 0 amide bonds. The molecule has 144 valence electrons. The van der Waals surface area contributed by atoms with Gasteiger partial charge in [0.15, 0.2) is 5.65 Å². The lowest BCUT2D eigenvalue weighted by atomic mass is 9.93. The maximum absolute atomic E-state index is 6.37. The molecule has 0 saturated carbocycles. The number of nitrogens with zero attached hydrogens (tertiary/aromatic N) is 5. The van der Waals surface area contributed by atoms with E-state index in [-0.39, 0.29) is 5.54 Å². The summed E-state index contributed by atoms with van der Waals surface area (Å²) in [6, 6.07) is 1.01. The highest BCUT2D eigenvalue weighted by Crippen LogP contribution is 2.39. The van der Waals surface area contributed by atoms with Crippen LogP contribution < -0.4 is 15.0 Å². The van der Waals surface area contributed by atoms with Gasteiger partial charge in [-0.15, -0.1) is 0 Å². The first kappa shape index (κ1) is 16.1. The number of rotatable bonds is 4. The molecule has 2 aromatic heterocycles. The third-order valence-corrected chi connectivity index (χ3v) is 7.13. The Bertz CT molecular complexity index is 834. The molecule has 0 aliphatic carbocycles. The van der Waals surface area contributed by atoms with E-state index < -0.39 is 0 Å². The minimum absolute atomic E-state index is 0.214. The van der Waals surface area contributed by atoms with Crippen molar-refractivity contribution >= 4 is 17.1 Å². The molecule has 5 aliphatic heterocycles. The number of ether oxygens (including phenoxy) is 1. The molecular formula is C19H27N7O. The molecule has 0 spiro atoms. The number of imidazole rings is 1. The van der Waals surface area contributed by atoms with Crippen molar-refractivity contribution in [2.24, 2.45) is 0 Å². The molecule has 5 saturated heterocycles. The Morgan fingerprint density at radius 2 is 2.07 bits per heavy atom. The summed E-state index contributed by atoms with van der Waals surface area (Å²) in [4.78, 5) is 22.1. The highest BCUT2D eigenvalue weighted by Gasteiger charge is 2.45. The minimum Gasteiger partial charge on any atom is -0.474 e. The standard InChI is InChI=1S/C19H27N7O/c1-5-19(6-2-8-25(19)7-1)11-27-17-15-16(22-12-21-15)23-18(24-17)26-10-13-3-4-14(26)9-20-13/h12-14,20H,1-11H2,(H,21,22,23,24). The van der Waals surface area contributed by atoms with Gasteiger partial charge in [0.05, 0.1) is 11.9 Å². The number of nitrogens with one attached hydrogen (secondary N) is 2. The monoisotopic (exact) mass is 369 g/mol. The maximum Gasteiger partial charge on any atom is 0.245 e. The molecule has 2 bridgehead atoms. The molecule has 2 N–H and O–H groups in total. The number of fused-ring (bicyclic) bond motifs is 5. The summed E-state index contributed by atoms with van der Waals surface area (Å²) in [5.41, 5.74) is 1.74. The van der Waals surface area contributed by atoms with Crippen LogP contribution in [0.1, 0.15) is 38.5 Å². The zero-order valence-corrected chi connectivity index (χ0v) is 15.7. The van der Waals surface area contributed by atoms with Gasteiger partial charge in [0.2, 0.25) is 11.8 Å². The summed E-state index contributed by atoms with van der Waals surface area (Å²) in [6.45, 7) is 5.12. The largest absolute Gasteiger partial charge is 0.474 e. The van der Waals surface area contributed by atoms with Crippen LogP contribution in [-0.2, 0) is 0 Å². The predicted octanol–water partition coefficient (Wildman–Crippen LogP) is 1.30. The topological polar surface area (TPSA) is 82.2 Å². The molecular weight excluding hydrogens is 342 g/mol. The van der Waals surface area contributed by atoms with Crippen molar-refractivity contribution in [2.75, 3.05) is 37.7 Å². The second kappa shape index (κ2) is 6.04. The molecule has 0 aromatic carbocycles. The third-order valence-electron chi connectivity index (χ3n) is 7.13. The average molecular weight is 369 g/mol. The van der Waals surface area contributed by atoms with Crippen molar-refractivity contribution in [3.63, 3.8) is 0 Å². The second-order valence-corrected chi connectivity index (χ2v) is 8.63. The summed E-state index contributed by atoms with van der Waals surface area (Å²) < 4.78 is 6.37.